The molecular weight excluding hydrogens is 244 g/mol. The summed E-state index contributed by atoms with van der Waals surface area (Å²) in [6.45, 7) is 3.13. The van der Waals surface area contributed by atoms with Gasteiger partial charge in [-0.05, 0) is 31.5 Å². The SMILES string of the molecule is CC(C)S(=O)(=O)c1ccc(C(O)C(=O)O)cc1. The second-order valence-corrected chi connectivity index (χ2v) is 6.41. The van der Waals surface area contributed by atoms with Gasteiger partial charge in [-0.1, -0.05) is 12.1 Å². The Labute approximate surface area is 99.6 Å². The van der Waals surface area contributed by atoms with Crippen LogP contribution in [0, 0.1) is 0 Å². The summed E-state index contributed by atoms with van der Waals surface area (Å²) in [7, 11) is -3.37. The van der Waals surface area contributed by atoms with Crippen molar-refractivity contribution in [2.45, 2.75) is 30.1 Å². The van der Waals surface area contributed by atoms with Crippen LogP contribution in [-0.2, 0) is 14.6 Å². The van der Waals surface area contributed by atoms with Crippen LogP contribution in [0.5, 0.6) is 0 Å². The third kappa shape index (κ3) is 2.83. The summed E-state index contributed by atoms with van der Waals surface area (Å²) in [6.07, 6.45) is -1.63. The molecule has 0 aliphatic heterocycles. The van der Waals surface area contributed by atoms with E-state index < -0.39 is 27.2 Å². The maximum atomic E-state index is 11.8. The van der Waals surface area contributed by atoms with Crippen molar-refractivity contribution in [2.75, 3.05) is 0 Å². The number of hydrogen-bond acceptors (Lipinski definition) is 4. The van der Waals surface area contributed by atoms with E-state index >= 15 is 0 Å². The van der Waals surface area contributed by atoms with Gasteiger partial charge in [-0.2, -0.15) is 0 Å². The van der Waals surface area contributed by atoms with Crippen LogP contribution in [0.4, 0.5) is 0 Å². The van der Waals surface area contributed by atoms with Crippen molar-refractivity contribution in [3.05, 3.63) is 29.8 Å². The van der Waals surface area contributed by atoms with Gasteiger partial charge in [0.05, 0.1) is 10.1 Å². The Morgan fingerprint density at radius 1 is 1.18 bits per heavy atom. The second kappa shape index (κ2) is 4.85. The van der Waals surface area contributed by atoms with E-state index in [0.29, 0.717) is 0 Å². The summed E-state index contributed by atoms with van der Waals surface area (Å²) >= 11 is 0. The van der Waals surface area contributed by atoms with Crippen LogP contribution in [0.15, 0.2) is 29.2 Å². The predicted molar refractivity (Wildman–Crippen MR) is 61.4 cm³/mol. The van der Waals surface area contributed by atoms with E-state index in [2.05, 4.69) is 0 Å². The average Bonchev–Trinajstić information content (AvgIpc) is 2.27. The molecule has 0 saturated heterocycles. The standard InChI is InChI=1S/C11H14O5S/c1-7(2)17(15,16)9-5-3-8(4-6-9)10(12)11(13)14/h3-7,10,12H,1-2H3,(H,13,14). The molecule has 0 amide bonds. The Kier molecular flexibility index (Phi) is 3.90. The first kappa shape index (κ1) is 13.7. The molecule has 0 aromatic heterocycles. The summed E-state index contributed by atoms with van der Waals surface area (Å²) in [5.41, 5.74) is 0.153. The maximum Gasteiger partial charge on any atom is 0.337 e. The molecular formula is C11H14O5S. The molecule has 1 aromatic carbocycles. The van der Waals surface area contributed by atoms with E-state index in [0.717, 1.165) is 0 Å². The number of carbonyl (C=O) groups is 1. The van der Waals surface area contributed by atoms with Gasteiger partial charge in [0.15, 0.2) is 15.9 Å². The Morgan fingerprint density at radius 2 is 1.65 bits per heavy atom. The fraction of sp³-hybridized carbons (Fsp3) is 0.364. The number of sulfone groups is 1. The topological polar surface area (TPSA) is 91.7 Å². The lowest BCUT2D eigenvalue weighted by Crippen LogP contribution is -2.14. The lowest BCUT2D eigenvalue weighted by atomic mass is 10.1. The Morgan fingerprint density at radius 3 is 2.00 bits per heavy atom. The van der Waals surface area contributed by atoms with Crippen LogP contribution in [0.2, 0.25) is 0 Å². The summed E-state index contributed by atoms with van der Waals surface area (Å²) < 4.78 is 23.5. The summed E-state index contributed by atoms with van der Waals surface area (Å²) in [6, 6.07) is 5.20. The zero-order valence-electron chi connectivity index (χ0n) is 9.49. The van der Waals surface area contributed by atoms with Crippen molar-refractivity contribution < 1.29 is 23.4 Å². The number of aliphatic hydroxyl groups is 1. The van der Waals surface area contributed by atoms with E-state index in [1.165, 1.54) is 24.3 Å². The molecule has 0 aliphatic rings. The van der Waals surface area contributed by atoms with Crippen LogP contribution in [-0.4, -0.2) is 29.9 Å². The molecule has 5 nitrogen and oxygen atoms in total. The van der Waals surface area contributed by atoms with Gasteiger partial charge < -0.3 is 10.2 Å². The Hall–Kier alpha value is -1.40. The molecule has 0 radical (unpaired) electrons. The largest absolute Gasteiger partial charge is 0.479 e. The number of benzene rings is 1. The minimum Gasteiger partial charge on any atom is -0.479 e. The summed E-state index contributed by atoms with van der Waals surface area (Å²) in [5.74, 6) is -1.37. The van der Waals surface area contributed by atoms with Gasteiger partial charge in [0.25, 0.3) is 0 Å². The van der Waals surface area contributed by atoms with Crippen LogP contribution in [0.1, 0.15) is 25.5 Å². The molecule has 0 bridgehead atoms. The minimum atomic E-state index is -3.37. The van der Waals surface area contributed by atoms with Crippen molar-refractivity contribution in [3.63, 3.8) is 0 Å². The molecule has 6 heteroatoms. The highest BCUT2D eigenvalue weighted by molar-refractivity contribution is 7.92. The van der Waals surface area contributed by atoms with Crippen molar-refractivity contribution in [2.24, 2.45) is 0 Å². The van der Waals surface area contributed by atoms with Gasteiger partial charge in [0.2, 0.25) is 0 Å². The molecule has 94 valence electrons. The average molecular weight is 258 g/mol. The molecule has 0 aliphatic carbocycles. The number of aliphatic hydroxyl groups excluding tert-OH is 1. The molecule has 17 heavy (non-hydrogen) atoms. The molecule has 1 atom stereocenters. The van der Waals surface area contributed by atoms with Gasteiger partial charge in [-0.25, -0.2) is 13.2 Å². The quantitative estimate of drug-likeness (QED) is 0.840. The number of aliphatic carboxylic acids is 1. The molecule has 0 spiro atoms. The van der Waals surface area contributed by atoms with E-state index in [-0.39, 0.29) is 10.5 Å². The highest BCUT2D eigenvalue weighted by Crippen LogP contribution is 2.19. The molecule has 1 unspecified atom stereocenters. The Balaban J connectivity index is 3.09. The van der Waals surface area contributed by atoms with E-state index in [1.807, 2.05) is 0 Å². The van der Waals surface area contributed by atoms with E-state index in [1.54, 1.807) is 13.8 Å². The van der Waals surface area contributed by atoms with E-state index in [9.17, 15) is 18.3 Å². The zero-order valence-corrected chi connectivity index (χ0v) is 10.3. The molecule has 1 aromatic rings. The van der Waals surface area contributed by atoms with Crippen LogP contribution in [0.25, 0.3) is 0 Å². The molecule has 1 rings (SSSR count). The third-order valence-corrected chi connectivity index (χ3v) is 4.55. The summed E-state index contributed by atoms with van der Waals surface area (Å²) in [4.78, 5) is 10.6. The molecule has 0 fully saturated rings. The molecule has 0 heterocycles. The lowest BCUT2D eigenvalue weighted by molar-refractivity contribution is -0.146. The smallest absolute Gasteiger partial charge is 0.337 e. The van der Waals surface area contributed by atoms with Gasteiger partial charge in [0.1, 0.15) is 0 Å². The van der Waals surface area contributed by atoms with Gasteiger partial charge in [-0.15, -0.1) is 0 Å². The second-order valence-electron chi connectivity index (χ2n) is 3.90. The highest BCUT2D eigenvalue weighted by Gasteiger charge is 2.20. The first-order valence-electron chi connectivity index (χ1n) is 5.01. The van der Waals surface area contributed by atoms with Crippen molar-refractivity contribution >= 4 is 15.8 Å². The zero-order chi connectivity index (χ0) is 13.2. The maximum absolute atomic E-state index is 11.8. The predicted octanol–water partition coefficient (Wildman–Crippen LogP) is 0.987. The first-order valence-corrected chi connectivity index (χ1v) is 6.56. The lowest BCUT2D eigenvalue weighted by Gasteiger charge is -2.09. The summed E-state index contributed by atoms with van der Waals surface area (Å²) in [5, 5.41) is 17.3. The number of hydrogen-bond donors (Lipinski definition) is 2. The minimum absolute atomic E-state index is 0.119. The molecule has 0 saturated carbocycles. The highest BCUT2D eigenvalue weighted by atomic mass is 32.2. The van der Waals surface area contributed by atoms with Gasteiger partial charge in [0, 0.05) is 0 Å². The monoisotopic (exact) mass is 258 g/mol. The fourth-order valence-electron chi connectivity index (χ4n) is 1.25. The Bertz CT molecular complexity index is 501. The van der Waals surface area contributed by atoms with Crippen molar-refractivity contribution in [1.29, 1.82) is 0 Å². The normalized spacial score (nSPS) is 13.6. The van der Waals surface area contributed by atoms with E-state index in [4.69, 9.17) is 5.11 Å². The van der Waals surface area contributed by atoms with Gasteiger partial charge >= 0.3 is 5.97 Å². The first-order chi connectivity index (χ1) is 7.76. The number of rotatable bonds is 4. The van der Waals surface area contributed by atoms with Crippen molar-refractivity contribution in [3.8, 4) is 0 Å². The van der Waals surface area contributed by atoms with Crippen LogP contribution in [0.3, 0.4) is 0 Å². The van der Waals surface area contributed by atoms with Crippen LogP contribution < -0.4 is 0 Å². The third-order valence-electron chi connectivity index (χ3n) is 2.38. The molecule has 2 N–H and O–H groups in total. The van der Waals surface area contributed by atoms with Crippen molar-refractivity contribution in [1.82, 2.24) is 0 Å². The fourth-order valence-corrected chi connectivity index (χ4v) is 2.31. The van der Waals surface area contributed by atoms with Gasteiger partial charge in [-0.3, -0.25) is 0 Å². The number of carboxylic acids is 1. The number of carboxylic acid groups (broad SMARTS) is 1. The van der Waals surface area contributed by atoms with Crippen LogP contribution >= 0.6 is 0 Å².